The zero-order valence-corrected chi connectivity index (χ0v) is 14.3. The third-order valence-electron chi connectivity index (χ3n) is 4.06. The van der Waals surface area contributed by atoms with E-state index in [0.717, 1.165) is 6.54 Å². The van der Waals surface area contributed by atoms with Gasteiger partial charge in [0.25, 0.3) is 5.56 Å². The summed E-state index contributed by atoms with van der Waals surface area (Å²) in [5.74, 6) is 0. The zero-order chi connectivity index (χ0) is 17.1. The molecule has 1 aromatic heterocycles. The van der Waals surface area contributed by atoms with E-state index in [1.165, 1.54) is 21.4 Å². The molecule has 0 saturated heterocycles. The van der Waals surface area contributed by atoms with Crippen molar-refractivity contribution in [3.8, 4) is 6.07 Å². The maximum absolute atomic E-state index is 12.3. The Labute approximate surface area is 136 Å². The van der Waals surface area contributed by atoms with Crippen LogP contribution in [0.3, 0.4) is 0 Å². The van der Waals surface area contributed by atoms with Crippen LogP contribution in [0.1, 0.15) is 33.5 Å². The third-order valence-corrected chi connectivity index (χ3v) is 4.06. The predicted octanol–water partition coefficient (Wildman–Crippen LogP) is 2.44. The standard InChI is InChI=1S/C18H22N4O/c1-12-6-7-16(13(2)8-12)10-21(5)11-22-18(23)17(9-19)14(3)15(4)20-22/h6-8H,10-11H2,1-5H3. The quantitative estimate of drug-likeness (QED) is 0.870. The van der Waals surface area contributed by atoms with Gasteiger partial charge in [-0.25, -0.2) is 4.68 Å². The van der Waals surface area contributed by atoms with E-state index in [4.69, 9.17) is 0 Å². The van der Waals surface area contributed by atoms with Crippen LogP contribution in [0.25, 0.3) is 0 Å². The molecule has 0 saturated carbocycles. The number of nitriles is 1. The molecule has 0 N–H and O–H groups in total. The van der Waals surface area contributed by atoms with Crippen LogP contribution in [-0.2, 0) is 13.2 Å². The summed E-state index contributed by atoms with van der Waals surface area (Å²) < 4.78 is 1.37. The maximum atomic E-state index is 12.3. The highest BCUT2D eigenvalue weighted by molar-refractivity contribution is 5.36. The van der Waals surface area contributed by atoms with Crippen molar-refractivity contribution in [2.75, 3.05) is 7.05 Å². The Bertz CT molecular complexity index is 830. The Hall–Kier alpha value is -2.45. The number of rotatable bonds is 4. The summed E-state index contributed by atoms with van der Waals surface area (Å²) >= 11 is 0. The minimum absolute atomic E-state index is 0.178. The first-order valence-electron chi connectivity index (χ1n) is 7.56. The van der Waals surface area contributed by atoms with Crippen LogP contribution < -0.4 is 5.56 Å². The average Bonchev–Trinajstić information content (AvgIpc) is 2.48. The van der Waals surface area contributed by atoms with Crippen LogP contribution in [0.4, 0.5) is 0 Å². The molecule has 120 valence electrons. The fourth-order valence-corrected chi connectivity index (χ4v) is 2.59. The van der Waals surface area contributed by atoms with Crippen molar-refractivity contribution < 1.29 is 0 Å². The lowest BCUT2D eigenvalue weighted by Crippen LogP contribution is -2.34. The molecule has 5 heteroatoms. The predicted molar refractivity (Wildman–Crippen MR) is 90.1 cm³/mol. The summed E-state index contributed by atoms with van der Waals surface area (Å²) in [7, 11) is 1.94. The van der Waals surface area contributed by atoms with Crippen molar-refractivity contribution in [3.63, 3.8) is 0 Å². The van der Waals surface area contributed by atoms with Gasteiger partial charge in [-0.3, -0.25) is 9.69 Å². The van der Waals surface area contributed by atoms with Crippen LogP contribution >= 0.6 is 0 Å². The first kappa shape index (κ1) is 16.9. The van der Waals surface area contributed by atoms with Gasteiger partial charge in [-0.2, -0.15) is 10.4 Å². The molecule has 0 fully saturated rings. The molecule has 1 aromatic carbocycles. The summed E-state index contributed by atoms with van der Waals surface area (Å²) in [5, 5.41) is 13.5. The average molecular weight is 310 g/mol. The van der Waals surface area contributed by atoms with Crippen molar-refractivity contribution >= 4 is 0 Å². The van der Waals surface area contributed by atoms with Crippen molar-refractivity contribution in [3.05, 3.63) is 62.1 Å². The molecule has 0 amide bonds. The Kier molecular flexibility index (Phi) is 4.97. The number of benzene rings is 1. The Morgan fingerprint density at radius 3 is 2.57 bits per heavy atom. The maximum Gasteiger partial charge on any atom is 0.286 e. The summed E-state index contributed by atoms with van der Waals surface area (Å²) in [6.45, 7) is 8.80. The van der Waals surface area contributed by atoms with Crippen LogP contribution in [0, 0.1) is 39.0 Å². The van der Waals surface area contributed by atoms with Gasteiger partial charge in [0, 0.05) is 6.54 Å². The normalized spacial score (nSPS) is 10.8. The number of hydrogen-bond acceptors (Lipinski definition) is 4. The number of nitrogens with zero attached hydrogens (tertiary/aromatic N) is 4. The van der Waals surface area contributed by atoms with Gasteiger partial charge in [0.15, 0.2) is 0 Å². The highest BCUT2D eigenvalue weighted by atomic mass is 16.1. The summed E-state index contributed by atoms with van der Waals surface area (Å²) in [6.07, 6.45) is 0. The van der Waals surface area contributed by atoms with E-state index in [1.54, 1.807) is 6.92 Å². The Morgan fingerprint density at radius 1 is 1.26 bits per heavy atom. The molecule has 0 aliphatic rings. The second kappa shape index (κ2) is 6.76. The summed E-state index contributed by atoms with van der Waals surface area (Å²) in [5.41, 5.74) is 4.90. The molecule has 0 aliphatic heterocycles. The fraction of sp³-hybridized carbons (Fsp3) is 0.389. The van der Waals surface area contributed by atoms with Gasteiger partial charge in [-0.05, 0) is 51.4 Å². The number of aromatic nitrogens is 2. The van der Waals surface area contributed by atoms with Gasteiger partial charge in [-0.15, -0.1) is 0 Å². The van der Waals surface area contributed by atoms with Gasteiger partial charge >= 0.3 is 0 Å². The van der Waals surface area contributed by atoms with E-state index < -0.39 is 0 Å². The number of hydrogen-bond donors (Lipinski definition) is 0. The highest BCUT2D eigenvalue weighted by Crippen LogP contribution is 2.13. The van der Waals surface area contributed by atoms with Gasteiger partial charge < -0.3 is 0 Å². The van der Waals surface area contributed by atoms with Gasteiger partial charge in [0.1, 0.15) is 11.6 Å². The topological polar surface area (TPSA) is 61.9 Å². The second-order valence-corrected chi connectivity index (χ2v) is 6.09. The first-order valence-corrected chi connectivity index (χ1v) is 7.56. The smallest absolute Gasteiger partial charge is 0.283 e. The number of aryl methyl sites for hydroxylation is 3. The van der Waals surface area contributed by atoms with Gasteiger partial charge in [0.2, 0.25) is 0 Å². The molecule has 2 aromatic rings. The van der Waals surface area contributed by atoms with E-state index in [2.05, 4.69) is 37.1 Å². The zero-order valence-electron chi connectivity index (χ0n) is 14.3. The van der Waals surface area contributed by atoms with Crippen LogP contribution in [-0.4, -0.2) is 21.7 Å². The van der Waals surface area contributed by atoms with E-state index in [9.17, 15) is 10.1 Å². The monoisotopic (exact) mass is 310 g/mol. The molecule has 0 radical (unpaired) electrons. The first-order chi connectivity index (χ1) is 10.8. The molecular formula is C18H22N4O. The Morgan fingerprint density at radius 2 is 1.96 bits per heavy atom. The van der Waals surface area contributed by atoms with E-state index >= 15 is 0 Å². The van der Waals surface area contributed by atoms with Crippen molar-refractivity contribution in [1.82, 2.24) is 14.7 Å². The molecule has 23 heavy (non-hydrogen) atoms. The molecule has 0 bridgehead atoms. The second-order valence-electron chi connectivity index (χ2n) is 6.09. The molecule has 0 unspecified atom stereocenters. The van der Waals surface area contributed by atoms with E-state index in [0.29, 0.717) is 17.9 Å². The van der Waals surface area contributed by atoms with Crippen molar-refractivity contribution in [1.29, 1.82) is 5.26 Å². The molecule has 0 aliphatic carbocycles. The largest absolute Gasteiger partial charge is 0.286 e. The van der Waals surface area contributed by atoms with Crippen molar-refractivity contribution in [2.24, 2.45) is 0 Å². The van der Waals surface area contributed by atoms with Gasteiger partial charge in [0.05, 0.1) is 12.4 Å². The van der Waals surface area contributed by atoms with Crippen LogP contribution in [0.5, 0.6) is 0 Å². The molecule has 0 atom stereocenters. The molecule has 1 heterocycles. The molecule has 5 nitrogen and oxygen atoms in total. The third kappa shape index (κ3) is 3.66. The summed E-state index contributed by atoms with van der Waals surface area (Å²) in [4.78, 5) is 14.3. The van der Waals surface area contributed by atoms with E-state index in [-0.39, 0.29) is 11.1 Å². The minimum Gasteiger partial charge on any atom is -0.283 e. The molecule has 0 spiro atoms. The fourth-order valence-electron chi connectivity index (χ4n) is 2.59. The minimum atomic E-state index is -0.330. The lowest BCUT2D eigenvalue weighted by molar-refractivity contribution is 0.238. The highest BCUT2D eigenvalue weighted by Gasteiger charge is 2.13. The molecular weight excluding hydrogens is 288 g/mol. The van der Waals surface area contributed by atoms with E-state index in [1.807, 2.05) is 24.9 Å². The lowest BCUT2D eigenvalue weighted by atomic mass is 10.1. The SMILES string of the molecule is Cc1ccc(CN(C)Cn2nc(C)c(C)c(C#N)c2=O)c(C)c1. The lowest BCUT2D eigenvalue weighted by Gasteiger charge is -2.19. The summed E-state index contributed by atoms with van der Waals surface area (Å²) in [6, 6.07) is 8.34. The van der Waals surface area contributed by atoms with Crippen LogP contribution in [0.15, 0.2) is 23.0 Å². The van der Waals surface area contributed by atoms with Crippen molar-refractivity contribution in [2.45, 2.75) is 40.9 Å². The van der Waals surface area contributed by atoms with Gasteiger partial charge in [-0.1, -0.05) is 23.8 Å². The van der Waals surface area contributed by atoms with Crippen LogP contribution in [0.2, 0.25) is 0 Å². The molecule has 2 rings (SSSR count). The Balaban J connectivity index is 2.24.